The summed E-state index contributed by atoms with van der Waals surface area (Å²) in [5.41, 5.74) is -3.75. The number of ether oxygens (including phenoxy) is 2. The van der Waals surface area contributed by atoms with Crippen molar-refractivity contribution in [2.45, 2.75) is 12.5 Å². The molecular formula is C16H9F6N3O3. The van der Waals surface area contributed by atoms with Crippen molar-refractivity contribution in [2.75, 3.05) is 7.11 Å². The van der Waals surface area contributed by atoms with Crippen LogP contribution in [-0.4, -0.2) is 27.8 Å². The maximum atomic E-state index is 13.5. The molecule has 0 saturated carbocycles. The van der Waals surface area contributed by atoms with E-state index in [1.807, 2.05) is 0 Å². The van der Waals surface area contributed by atoms with Gasteiger partial charge < -0.3 is 9.47 Å². The van der Waals surface area contributed by atoms with Gasteiger partial charge in [-0.25, -0.2) is 4.98 Å². The smallest absolute Gasteiger partial charge is 0.481 e. The number of aromatic nitrogens is 3. The summed E-state index contributed by atoms with van der Waals surface area (Å²) >= 11 is 0. The van der Waals surface area contributed by atoms with Gasteiger partial charge in [-0.15, -0.1) is 13.2 Å². The number of benzene rings is 1. The molecule has 0 amide bonds. The normalized spacial score (nSPS) is 12.2. The van der Waals surface area contributed by atoms with Gasteiger partial charge in [-0.3, -0.25) is 9.20 Å². The Balaban J connectivity index is 2.22. The minimum absolute atomic E-state index is 0.0542. The van der Waals surface area contributed by atoms with Crippen LogP contribution in [0.2, 0.25) is 0 Å². The zero-order valence-corrected chi connectivity index (χ0v) is 13.8. The first-order valence-corrected chi connectivity index (χ1v) is 7.40. The Morgan fingerprint density at radius 1 is 0.964 bits per heavy atom. The highest BCUT2D eigenvalue weighted by molar-refractivity contribution is 5.67. The third kappa shape index (κ3) is 3.85. The van der Waals surface area contributed by atoms with Gasteiger partial charge >= 0.3 is 12.5 Å². The largest absolute Gasteiger partial charge is 0.573 e. The molecule has 28 heavy (non-hydrogen) atoms. The van der Waals surface area contributed by atoms with E-state index >= 15 is 0 Å². The second-order valence-electron chi connectivity index (χ2n) is 5.35. The molecule has 0 unspecified atom stereocenters. The van der Waals surface area contributed by atoms with Crippen molar-refractivity contribution >= 4 is 5.78 Å². The van der Waals surface area contributed by atoms with E-state index < -0.39 is 40.9 Å². The molecule has 0 bridgehead atoms. The van der Waals surface area contributed by atoms with Gasteiger partial charge in [0.1, 0.15) is 5.75 Å². The van der Waals surface area contributed by atoms with Gasteiger partial charge in [0.05, 0.1) is 12.7 Å². The third-order valence-corrected chi connectivity index (χ3v) is 3.53. The zero-order valence-electron chi connectivity index (χ0n) is 13.8. The highest BCUT2D eigenvalue weighted by atomic mass is 19.4. The Hall–Kier alpha value is -3.31. The van der Waals surface area contributed by atoms with Gasteiger partial charge in [-0.2, -0.15) is 18.2 Å². The summed E-state index contributed by atoms with van der Waals surface area (Å²) < 4.78 is 86.4. The second kappa shape index (κ2) is 6.69. The number of nitrogens with zero attached hydrogens (tertiary/aromatic N) is 3. The molecule has 0 aliphatic carbocycles. The van der Waals surface area contributed by atoms with E-state index in [0.717, 1.165) is 34.9 Å². The highest BCUT2D eigenvalue weighted by Crippen LogP contribution is 2.35. The number of hydrogen-bond acceptors (Lipinski definition) is 5. The molecule has 0 N–H and O–H groups in total. The molecule has 0 aliphatic rings. The summed E-state index contributed by atoms with van der Waals surface area (Å²) in [7, 11) is 1.24. The van der Waals surface area contributed by atoms with Gasteiger partial charge in [0, 0.05) is 12.3 Å². The van der Waals surface area contributed by atoms with Crippen molar-refractivity contribution in [2.24, 2.45) is 0 Å². The summed E-state index contributed by atoms with van der Waals surface area (Å²) in [5.74, 6) is -1.25. The van der Waals surface area contributed by atoms with Crippen LogP contribution in [0.4, 0.5) is 26.3 Å². The third-order valence-electron chi connectivity index (χ3n) is 3.53. The standard InChI is InChI=1S/C16H9F6N3O3/c1-27-10-6-7-25-13(26)11(12(15(17,18)19)24-14(25)23-10)8-2-4-9(5-3-8)28-16(20,21)22/h2-7H,1H3. The van der Waals surface area contributed by atoms with Gasteiger partial charge in [0.2, 0.25) is 11.7 Å². The molecule has 0 fully saturated rings. The van der Waals surface area contributed by atoms with Crippen LogP contribution in [0.5, 0.6) is 11.6 Å². The highest BCUT2D eigenvalue weighted by Gasteiger charge is 2.38. The van der Waals surface area contributed by atoms with Crippen LogP contribution in [0.1, 0.15) is 5.69 Å². The number of fused-ring (bicyclic) bond motifs is 1. The molecule has 1 aromatic carbocycles. The Kier molecular flexibility index (Phi) is 4.65. The number of halogens is 6. The molecule has 6 nitrogen and oxygen atoms in total. The minimum Gasteiger partial charge on any atom is -0.481 e. The predicted octanol–water partition coefficient (Wildman–Crippen LogP) is 3.68. The first kappa shape index (κ1) is 19.5. The van der Waals surface area contributed by atoms with Crippen LogP contribution in [-0.2, 0) is 6.18 Å². The van der Waals surface area contributed by atoms with Crippen LogP contribution in [0.3, 0.4) is 0 Å². The summed E-state index contributed by atoms with van der Waals surface area (Å²) in [6.45, 7) is 0. The van der Waals surface area contributed by atoms with Crippen LogP contribution < -0.4 is 15.0 Å². The molecule has 3 rings (SSSR count). The average molecular weight is 405 g/mol. The van der Waals surface area contributed by atoms with Crippen molar-refractivity contribution in [1.29, 1.82) is 0 Å². The summed E-state index contributed by atoms with van der Waals surface area (Å²) in [6.07, 6.45) is -8.86. The quantitative estimate of drug-likeness (QED) is 0.622. The first-order chi connectivity index (χ1) is 13.0. The average Bonchev–Trinajstić information content (AvgIpc) is 2.60. The monoisotopic (exact) mass is 405 g/mol. The number of hydrogen-bond donors (Lipinski definition) is 0. The molecule has 3 aromatic rings. The molecule has 0 saturated heterocycles. The van der Waals surface area contributed by atoms with Crippen LogP contribution in [0, 0.1) is 0 Å². The van der Waals surface area contributed by atoms with E-state index in [-0.39, 0.29) is 11.4 Å². The molecule has 2 heterocycles. The molecule has 148 valence electrons. The molecule has 0 aliphatic heterocycles. The lowest BCUT2D eigenvalue weighted by molar-refractivity contribution is -0.274. The van der Waals surface area contributed by atoms with Crippen molar-refractivity contribution in [3.8, 4) is 22.8 Å². The predicted molar refractivity (Wildman–Crippen MR) is 82.9 cm³/mol. The molecular weight excluding hydrogens is 396 g/mol. The fourth-order valence-electron chi connectivity index (χ4n) is 2.41. The number of rotatable bonds is 3. The van der Waals surface area contributed by atoms with Gasteiger partial charge in [-0.05, 0) is 17.7 Å². The first-order valence-electron chi connectivity index (χ1n) is 7.40. The molecule has 0 atom stereocenters. The minimum atomic E-state index is -5.02. The van der Waals surface area contributed by atoms with Crippen molar-refractivity contribution in [1.82, 2.24) is 14.4 Å². The van der Waals surface area contributed by atoms with E-state index in [4.69, 9.17) is 4.74 Å². The fourth-order valence-corrected chi connectivity index (χ4v) is 2.41. The van der Waals surface area contributed by atoms with Gasteiger partial charge in [0.15, 0.2) is 5.69 Å². The van der Waals surface area contributed by atoms with Crippen LogP contribution in [0.25, 0.3) is 16.9 Å². The SMILES string of the molecule is COc1ccn2c(=O)c(-c3ccc(OC(F)(F)F)cc3)c(C(F)(F)F)nc2n1. The van der Waals surface area contributed by atoms with E-state index in [2.05, 4.69) is 14.7 Å². The Labute approximate surface area is 152 Å². The van der Waals surface area contributed by atoms with Crippen LogP contribution >= 0.6 is 0 Å². The van der Waals surface area contributed by atoms with E-state index in [1.165, 1.54) is 13.2 Å². The van der Waals surface area contributed by atoms with Crippen molar-refractivity contribution < 1.29 is 35.8 Å². The summed E-state index contributed by atoms with van der Waals surface area (Å²) in [6, 6.07) is 4.64. The number of alkyl halides is 6. The van der Waals surface area contributed by atoms with Gasteiger partial charge in [0.25, 0.3) is 5.56 Å². The van der Waals surface area contributed by atoms with E-state index in [9.17, 15) is 31.1 Å². The molecule has 0 spiro atoms. The maximum Gasteiger partial charge on any atom is 0.573 e. The van der Waals surface area contributed by atoms with Crippen molar-refractivity contribution in [3.05, 3.63) is 52.6 Å². The van der Waals surface area contributed by atoms with E-state index in [0.29, 0.717) is 0 Å². The summed E-state index contributed by atoms with van der Waals surface area (Å²) in [4.78, 5) is 19.8. The maximum absolute atomic E-state index is 13.5. The fraction of sp³-hybridized carbons (Fsp3) is 0.188. The Morgan fingerprint density at radius 2 is 1.61 bits per heavy atom. The lowest BCUT2D eigenvalue weighted by atomic mass is 10.0. The Morgan fingerprint density at radius 3 is 2.14 bits per heavy atom. The zero-order chi connectivity index (χ0) is 20.7. The lowest BCUT2D eigenvalue weighted by Crippen LogP contribution is -2.24. The van der Waals surface area contributed by atoms with Crippen molar-refractivity contribution in [3.63, 3.8) is 0 Å². The molecule has 12 heteroatoms. The molecule has 0 radical (unpaired) electrons. The van der Waals surface area contributed by atoms with Crippen LogP contribution in [0.15, 0.2) is 41.3 Å². The van der Waals surface area contributed by atoms with Gasteiger partial charge in [-0.1, -0.05) is 12.1 Å². The number of methoxy groups -OCH3 is 1. The molecule has 2 aromatic heterocycles. The second-order valence-corrected chi connectivity index (χ2v) is 5.35. The topological polar surface area (TPSA) is 65.7 Å². The summed E-state index contributed by atoms with van der Waals surface area (Å²) in [5, 5.41) is 0. The lowest BCUT2D eigenvalue weighted by Gasteiger charge is -2.14. The van der Waals surface area contributed by atoms with E-state index in [1.54, 1.807) is 0 Å². The Bertz CT molecular complexity index is 1070.